The molecule has 1 aromatic carbocycles. The van der Waals surface area contributed by atoms with Gasteiger partial charge in [-0.05, 0) is 11.6 Å². The number of nitrogens with one attached hydrogen (secondary N) is 1. The predicted octanol–water partition coefficient (Wildman–Crippen LogP) is 4.18. The number of nitrogens with zero attached hydrogens (tertiary/aromatic N) is 3. The number of halogens is 1. The molecular weight excluding hydrogens is 356 g/mol. The quantitative estimate of drug-likeness (QED) is 0.675. The van der Waals surface area contributed by atoms with Crippen molar-refractivity contribution in [3.05, 3.63) is 64.1 Å². The molecule has 0 aliphatic carbocycles. The molecule has 0 spiro atoms. The van der Waals surface area contributed by atoms with Gasteiger partial charge in [-0.2, -0.15) is 0 Å². The van der Waals surface area contributed by atoms with E-state index < -0.39 is 0 Å². The van der Waals surface area contributed by atoms with Crippen molar-refractivity contribution in [3.63, 3.8) is 0 Å². The van der Waals surface area contributed by atoms with Crippen molar-refractivity contribution in [1.29, 1.82) is 0 Å². The fraction of sp³-hybridized carbons (Fsp3) is 0.278. The second-order valence-corrected chi connectivity index (χ2v) is 7.11. The number of hydrogen-bond donors (Lipinski definition) is 1. The third-order valence-electron chi connectivity index (χ3n) is 3.82. The first-order valence-corrected chi connectivity index (χ1v) is 9.33. The minimum absolute atomic E-state index is 0.0469. The summed E-state index contributed by atoms with van der Waals surface area (Å²) in [5.41, 5.74) is 1.05. The lowest BCUT2D eigenvalue weighted by molar-refractivity contribution is -0.116. The van der Waals surface area contributed by atoms with Crippen molar-refractivity contribution >= 4 is 34.0 Å². The lowest BCUT2D eigenvalue weighted by Crippen LogP contribution is -2.15. The van der Waals surface area contributed by atoms with Crippen molar-refractivity contribution in [3.8, 4) is 0 Å². The van der Waals surface area contributed by atoms with Crippen LogP contribution in [-0.4, -0.2) is 20.4 Å². The highest BCUT2D eigenvalue weighted by atomic mass is 35.5. The van der Waals surface area contributed by atoms with Gasteiger partial charge in [0.05, 0.1) is 0 Å². The van der Waals surface area contributed by atoms with Crippen LogP contribution in [0.3, 0.4) is 0 Å². The van der Waals surface area contributed by atoms with E-state index in [1.165, 1.54) is 11.3 Å². The second kappa shape index (κ2) is 8.27. The normalized spacial score (nSPS) is 10.8. The average molecular weight is 375 g/mol. The van der Waals surface area contributed by atoms with Gasteiger partial charge in [0, 0.05) is 54.3 Å². The first-order valence-electron chi connectivity index (χ1n) is 8.13. The number of benzene rings is 1. The molecule has 130 valence electrons. The number of hydrogen-bond acceptors (Lipinski definition) is 4. The third kappa shape index (κ3) is 4.67. The summed E-state index contributed by atoms with van der Waals surface area (Å²) >= 11 is 7.66. The Morgan fingerprint density at radius 2 is 2.16 bits per heavy atom. The van der Waals surface area contributed by atoms with Crippen LogP contribution in [0.15, 0.2) is 42.9 Å². The number of thiazole rings is 1. The van der Waals surface area contributed by atoms with Crippen LogP contribution >= 0.6 is 22.9 Å². The van der Waals surface area contributed by atoms with Gasteiger partial charge in [0.25, 0.3) is 0 Å². The van der Waals surface area contributed by atoms with Crippen molar-refractivity contribution in [2.75, 3.05) is 5.32 Å². The van der Waals surface area contributed by atoms with Gasteiger partial charge in [-0.3, -0.25) is 4.79 Å². The minimum atomic E-state index is -0.0469. The zero-order valence-corrected chi connectivity index (χ0v) is 15.5. The molecule has 1 amide bonds. The molecule has 0 saturated heterocycles. The molecule has 25 heavy (non-hydrogen) atoms. The zero-order chi connectivity index (χ0) is 17.6. The summed E-state index contributed by atoms with van der Waals surface area (Å²) in [5.74, 6) is 0.943. The van der Waals surface area contributed by atoms with E-state index in [1.807, 2.05) is 35.0 Å². The Labute approximate surface area is 155 Å². The summed E-state index contributed by atoms with van der Waals surface area (Å²) in [7, 11) is 0. The molecule has 3 aromatic rings. The largest absolute Gasteiger partial charge is 0.334 e. The lowest BCUT2D eigenvalue weighted by atomic mass is 10.1. The molecule has 0 aliphatic heterocycles. The van der Waals surface area contributed by atoms with Gasteiger partial charge in [0.2, 0.25) is 5.91 Å². The molecule has 1 N–H and O–H groups in total. The number of aromatic nitrogens is 3. The maximum atomic E-state index is 12.1. The van der Waals surface area contributed by atoms with Crippen LogP contribution in [-0.2, 0) is 24.2 Å². The highest BCUT2D eigenvalue weighted by molar-refractivity contribution is 7.15. The van der Waals surface area contributed by atoms with Crippen LogP contribution in [0.2, 0.25) is 5.02 Å². The maximum absolute atomic E-state index is 12.1. The van der Waals surface area contributed by atoms with Gasteiger partial charge >= 0.3 is 0 Å². The smallest absolute Gasteiger partial charge is 0.227 e. The molecule has 7 heteroatoms. The van der Waals surface area contributed by atoms with Crippen molar-refractivity contribution in [1.82, 2.24) is 14.5 Å². The van der Waals surface area contributed by atoms with E-state index in [2.05, 4.69) is 22.2 Å². The van der Waals surface area contributed by atoms with Crippen molar-refractivity contribution in [2.24, 2.45) is 0 Å². The Bertz CT molecular complexity index is 858. The van der Waals surface area contributed by atoms with Crippen LogP contribution in [0, 0.1) is 0 Å². The molecule has 0 unspecified atom stereocenters. The molecule has 0 fully saturated rings. The van der Waals surface area contributed by atoms with Gasteiger partial charge in [0.15, 0.2) is 5.13 Å². The topological polar surface area (TPSA) is 59.8 Å². The first kappa shape index (κ1) is 17.6. The molecule has 0 atom stereocenters. The Morgan fingerprint density at radius 3 is 2.96 bits per heavy atom. The van der Waals surface area contributed by atoms with Gasteiger partial charge in [0.1, 0.15) is 5.82 Å². The zero-order valence-electron chi connectivity index (χ0n) is 13.9. The Morgan fingerprint density at radius 1 is 1.32 bits per heavy atom. The van der Waals surface area contributed by atoms with Crippen LogP contribution in [0.4, 0.5) is 5.13 Å². The van der Waals surface area contributed by atoms with Gasteiger partial charge in [-0.15, -0.1) is 11.3 Å². The SMILES string of the molecule is CCc1nccn1CCC(=O)Nc1ncc(Cc2ccccc2Cl)s1. The van der Waals surface area contributed by atoms with E-state index in [4.69, 9.17) is 11.6 Å². The van der Waals surface area contributed by atoms with Gasteiger partial charge in [-0.25, -0.2) is 9.97 Å². The molecule has 2 heterocycles. The Kier molecular flexibility index (Phi) is 5.83. The number of carbonyl (C=O) groups is 1. The number of carbonyl (C=O) groups excluding carboxylic acids is 1. The maximum Gasteiger partial charge on any atom is 0.227 e. The molecule has 0 bridgehead atoms. The molecule has 0 radical (unpaired) electrons. The van der Waals surface area contributed by atoms with Crippen LogP contribution in [0.25, 0.3) is 0 Å². The second-order valence-electron chi connectivity index (χ2n) is 5.59. The fourth-order valence-corrected chi connectivity index (χ4v) is 3.59. The van der Waals surface area contributed by atoms with Crippen molar-refractivity contribution in [2.45, 2.75) is 32.7 Å². The summed E-state index contributed by atoms with van der Waals surface area (Å²) in [6, 6.07) is 7.75. The highest BCUT2D eigenvalue weighted by Crippen LogP contribution is 2.24. The van der Waals surface area contributed by atoms with Gasteiger partial charge in [-0.1, -0.05) is 36.7 Å². The van der Waals surface area contributed by atoms with E-state index in [0.29, 0.717) is 24.5 Å². The number of amides is 1. The van der Waals surface area contributed by atoms with E-state index >= 15 is 0 Å². The highest BCUT2D eigenvalue weighted by Gasteiger charge is 2.09. The number of imidazole rings is 1. The third-order valence-corrected chi connectivity index (χ3v) is 5.10. The van der Waals surface area contributed by atoms with Gasteiger partial charge < -0.3 is 9.88 Å². The molecule has 0 saturated carbocycles. The van der Waals surface area contributed by atoms with E-state index in [-0.39, 0.29) is 5.91 Å². The number of rotatable bonds is 7. The molecule has 3 rings (SSSR count). The Hall–Kier alpha value is -2.18. The molecule has 0 aliphatic rings. The summed E-state index contributed by atoms with van der Waals surface area (Å²) < 4.78 is 2.00. The standard InChI is InChI=1S/C18H19ClN4OS/c1-2-16-20-8-10-23(16)9-7-17(24)22-18-21-12-14(25-18)11-13-5-3-4-6-15(13)19/h3-6,8,10,12H,2,7,9,11H2,1H3,(H,21,22,24). The molecular formula is C18H19ClN4OS. The number of anilines is 1. The predicted molar refractivity (Wildman–Crippen MR) is 101 cm³/mol. The summed E-state index contributed by atoms with van der Waals surface area (Å²) in [4.78, 5) is 21.7. The minimum Gasteiger partial charge on any atom is -0.334 e. The molecule has 5 nitrogen and oxygen atoms in total. The fourth-order valence-electron chi connectivity index (χ4n) is 2.54. The van der Waals surface area contributed by atoms with E-state index in [9.17, 15) is 4.79 Å². The first-order chi connectivity index (χ1) is 12.2. The van der Waals surface area contributed by atoms with Crippen LogP contribution < -0.4 is 5.32 Å². The summed E-state index contributed by atoms with van der Waals surface area (Å²) in [6.07, 6.45) is 7.40. The van der Waals surface area contributed by atoms with Crippen LogP contribution in [0.5, 0.6) is 0 Å². The summed E-state index contributed by atoms with van der Waals surface area (Å²) in [5, 5.41) is 4.23. The van der Waals surface area contributed by atoms with E-state index in [1.54, 1.807) is 12.4 Å². The summed E-state index contributed by atoms with van der Waals surface area (Å²) in [6.45, 7) is 2.67. The monoisotopic (exact) mass is 374 g/mol. The number of aryl methyl sites for hydroxylation is 2. The lowest BCUT2D eigenvalue weighted by Gasteiger charge is -2.06. The van der Waals surface area contributed by atoms with Crippen molar-refractivity contribution < 1.29 is 4.79 Å². The van der Waals surface area contributed by atoms with Crippen LogP contribution in [0.1, 0.15) is 29.6 Å². The average Bonchev–Trinajstić information content (AvgIpc) is 3.24. The Balaban J connectivity index is 1.54. The molecule has 2 aromatic heterocycles. The van der Waals surface area contributed by atoms with E-state index in [0.717, 1.165) is 27.7 Å².